The Balaban J connectivity index is 1.39. The fourth-order valence-corrected chi connectivity index (χ4v) is 4.89. The van der Waals surface area contributed by atoms with E-state index in [0.29, 0.717) is 16.7 Å². The van der Waals surface area contributed by atoms with Gasteiger partial charge in [-0.25, -0.2) is 9.97 Å². The van der Waals surface area contributed by atoms with Gasteiger partial charge in [-0.2, -0.15) is 0 Å². The Morgan fingerprint density at radius 1 is 0.848 bits per heavy atom. The van der Waals surface area contributed by atoms with Crippen LogP contribution in [0.25, 0.3) is 21.3 Å². The molecule has 0 bridgehead atoms. The van der Waals surface area contributed by atoms with Crippen LogP contribution in [-0.4, -0.2) is 9.97 Å². The maximum atomic E-state index is 6.10. The second kappa shape index (κ2) is 9.40. The van der Waals surface area contributed by atoms with Crippen molar-refractivity contribution in [2.45, 2.75) is 13.5 Å². The van der Waals surface area contributed by atoms with Gasteiger partial charge in [-0.3, -0.25) is 0 Å². The Bertz CT molecular complexity index is 1400. The van der Waals surface area contributed by atoms with Gasteiger partial charge < -0.3 is 10.1 Å². The number of rotatable bonds is 6. The molecule has 4 nitrogen and oxygen atoms in total. The first-order valence-corrected chi connectivity index (χ1v) is 11.9. The van der Waals surface area contributed by atoms with E-state index in [2.05, 4.69) is 22.2 Å². The third-order valence-corrected chi connectivity index (χ3v) is 6.75. The number of aryl methyl sites for hydroxylation is 1. The summed E-state index contributed by atoms with van der Waals surface area (Å²) in [5, 5.41) is 5.88. The molecule has 0 saturated carbocycles. The molecule has 0 spiro atoms. The van der Waals surface area contributed by atoms with Crippen molar-refractivity contribution in [3.63, 3.8) is 0 Å². The summed E-state index contributed by atoms with van der Waals surface area (Å²) >= 11 is 13.7. The van der Waals surface area contributed by atoms with Crippen molar-refractivity contribution in [3.8, 4) is 16.9 Å². The van der Waals surface area contributed by atoms with E-state index in [1.165, 1.54) is 4.88 Å². The average Bonchev–Trinajstić information content (AvgIpc) is 3.17. The molecule has 0 aliphatic heterocycles. The van der Waals surface area contributed by atoms with Gasteiger partial charge in [-0.1, -0.05) is 47.5 Å². The van der Waals surface area contributed by atoms with E-state index in [1.807, 2.05) is 72.8 Å². The first-order valence-electron chi connectivity index (χ1n) is 10.3. The number of aromatic nitrogens is 2. The summed E-state index contributed by atoms with van der Waals surface area (Å²) in [7, 11) is 0. The minimum Gasteiger partial charge on any atom is -0.489 e. The number of hydrogen-bond donors (Lipinski definition) is 1. The van der Waals surface area contributed by atoms with E-state index in [1.54, 1.807) is 17.7 Å². The molecule has 0 aliphatic rings. The van der Waals surface area contributed by atoms with E-state index in [4.69, 9.17) is 27.9 Å². The number of nitrogens with zero attached hydrogens (tertiary/aromatic N) is 2. The van der Waals surface area contributed by atoms with E-state index in [9.17, 15) is 0 Å². The maximum absolute atomic E-state index is 6.10. The number of hydrogen-bond acceptors (Lipinski definition) is 5. The van der Waals surface area contributed by atoms with Gasteiger partial charge in [0, 0.05) is 26.2 Å². The second-order valence-corrected chi connectivity index (χ2v) is 9.58. The number of fused-ring (bicyclic) bond motifs is 1. The topological polar surface area (TPSA) is 47.0 Å². The number of anilines is 2. The van der Waals surface area contributed by atoms with Crippen molar-refractivity contribution in [1.82, 2.24) is 9.97 Å². The van der Waals surface area contributed by atoms with Gasteiger partial charge in [0.2, 0.25) is 0 Å². The van der Waals surface area contributed by atoms with E-state index < -0.39 is 0 Å². The number of nitrogens with one attached hydrogen (secondary N) is 1. The molecule has 0 fully saturated rings. The molecule has 3 aromatic carbocycles. The molecule has 164 valence electrons. The van der Waals surface area contributed by atoms with Crippen molar-refractivity contribution in [2.75, 3.05) is 5.32 Å². The molecule has 5 aromatic rings. The summed E-state index contributed by atoms with van der Waals surface area (Å²) in [5.41, 5.74) is 4.19. The highest BCUT2D eigenvalue weighted by Crippen LogP contribution is 2.41. The van der Waals surface area contributed by atoms with Crippen molar-refractivity contribution < 1.29 is 4.74 Å². The van der Waals surface area contributed by atoms with Gasteiger partial charge in [0.1, 0.15) is 29.3 Å². The van der Waals surface area contributed by atoms with Crippen LogP contribution in [-0.2, 0) is 6.61 Å². The zero-order chi connectivity index (χ0) is 22.8. The quantitative estimate of drug-likeness (QED) is 0.259. The molecule has 2 heterocycles. The first-order chi connectivity index (χ1) is 16.1. The Labute approximate surface area is 205 Å². The van der Waals surface area contributed by atoms with E-state index >= 15 is 0 Å². The van der Waals surface area contributed by atoms with Crippen LogP contribution in [0.5, 0.6) is 5.75 Å². The third kappa shape index (κ3) is 4.81. The van der Waals surface area contributed by atoms with E-state index in [0.717, 1.165) is 44.2 Å². The molecule has 0 unspecified atom stereocenters. The van der Waals surface area contributed by atoms with Gasteiger partial charge in [0.15, 0.2) is 0 Å². The highest BCUT2D eigenvalue weighted by molar-refractivity contribution is 7.19. The van der Waals surface area contributed by atoms with Gasteiger partial charge in [-0.05, 0) is 66.6 Å². The molecular weight excluding hydrogens is 473 g/mol. The third-order valence-electron chi connectivity index (χ3n) is 5.23. The molecule has 0 radical (unpaired) electrons. The highest BCUT2D eigenvalue weighted by atomic mass is 35.5. The second-order valence-electron chi connectivity index (χ2n) is 7.51. The molecule has 1 N–H and O–H groups in total. The lowest BCUT2D eigenvalue weighted by Crippen LogP contribution is -1.97. The van der Waals surface area contributed by atoms with Crippen LogP contribution in [0.3, 0.4) is 0 Å². The first kappa shape index (κ1) is 21.7. The largest absolute Gasteiger partial charge is 0.489 e. The molecule has 7 heteroatoms. The molecule has 0 saturated heterocycles. The lowest BCUT2D eigenvalue weighted by Gasteiger charge is -2.11. The molecule has 0 aliphatic carbocycles. The van der Waals surface area contributed by atoms with Gasteiger partial charge in [0.05, 0.1) is 5.39 Å². The fourth-order valence-electron chi connectivity index (χ4n) is 3.62. The summed E-state index contributed by atoms with van der Waals surface area (Å²) in [6, 6.07) is 23.3. The minimum absolute atomic E-state index is 0.481. The summed E-state index contributed by atoms with van der Waals surface area (Å²) in [4.78, 5) is 11.2. The summed E-state index contributed by atoms with van der Waals surface area (Å²) < 4.78 is 5.89. The predicted molar refractivity (Wildman–Crippen MR) is 138 cm³/mol. The Morgan fingerprint density at radius 3 is 2.21 bits per heavy atom. The zero-order valence-corrected chi connectivity index (χ0v) is 20.0. The van der Waals surface area contributed by atoms with Crippen LogP contribution >= 0.6 is 34.5 Å². The number of benzene rings is 3. The normalized spacial score (nSPS) is 11.0. The lowest BCUT2D eigenvalue weighted by atomic mass is 10.0. The van der Waals surface area contributed by atoms with Crippen LogP contribution in [0.1, 0.15) is 10.4 Å². The smallest absolute Gasteiger partial charge is 0.143 e. The SMILES string of the molecule is Cc1sc2ncnc(Nc3ccc(OCc4ccc(Cl)cc4)cc3)c2c1-c1ccc(Cl)cc1. The molecule has 2 aromatic heterocycles. The molecule has 33 heavy (non-hydrogen) atoms. The molecule has 0 atom stereocenters. The summed E-state index contributed by atoms with van der Waals surface area (Å²) in [6.07, 6.45) is 1.59. The van der Waals surface area contributed by atoms with Crippen LogP contribution in [0.4, 0.5) is 11.5 Å². The Morgan fingerprint density at radius 2 is 1.52 bits per heavy atom. The van der Waals surface area contributed by atoms with Gasteiger partial charge in [-0.15, -0.1) is 11.3 Å². The average molecular weight is 492 g/mol. The molecule has 5 rings (SSSR count). The maximum Gasteiger partial charge on any atom is 0.143 e. The predicted octanol–water partition coefficient (Wildman–Crippen LogP) is 8.30. The van der Waals surface area contributed by atoms with Crippen molar-refractivity contribution >= 4 is 56.3 Å². The highest BCUT2D eigenvalue weighted by Gasteiger charge is 2.17. The minimum atomic E-state index is 0.481. The number of thiophene rings is 1. The zero-order valence-electron chi connectivity index (χ0n) is 17.7. The van der Waals surface area contributed by atoms with Gasteiger partial charge in [0.25, 0.3) is 0 Å². The van der Waals surface area contributed by atoms with Crippen molar-refractivity contribution in [1.29, 1.82) is 0 Å². The summed E-state index contributed by atoms with van der Waals surface area (Å²) in [6.45, 7) is 2.59. The van der Waals surface area contributed by atoms with Crippen molar-refractivity contribution in [2.24, 2.45) is 0 Å². The van der Waals surface area contributed by atoms with Crippen LogP contribution in [0.15, 0.2) is 79.1 Å². The lowest BCUT2D eigenvalue weighted by molar-refractivity contribution is 0.306. The van der Waals surface area contributed by atoms with Crippen LogP contribution in [0, 0.1) is 6.92 Å². The Kier molecular flexibility index (Phi) is 6.18. The molecular formula is C26H19Cl2N3OS. The van der Waals surface area contributed by atoms with Gasteiger partial charge >= 0.3 is 0 Å². The fraction of sp³-hybridized carbons (Fsp3) is 0.0769. The Hall–Kier alpha value is -3.12. The van der Waals surface area contributed by atoms with E-state index in [-0.39, 0.29) is 0 Å². The monoisotopic (exact) mass is 491 g/mol. The van der Waals surface area contributed by atoms with Crippen LogP contribution < -0.4 is 10.1 Å². The summed E-state index contributed by atoms with van der Waals surface area (Å²) in [5.74, 6) is 1.56. The molecule has 0 amide bonds. The van der Waals surface area contributed by atoms with Crippen LogP contribution in [0.2, 0.25) is 10.0 Å². The number of ether oxygens (including phenoxy) is 1. The standard InChI is InChI=1S/C26H19Cl2N3OS/c1-16-23(18-4-8-20(28)9-5-18)24-25(29-15-30-26(24)33-16)31-21-10-12-22(13-11-21)32-14-17-2-6-19(27)7-3-17/h2-13,15H,14H2,1H3,(H,29,30,31). The number of halogens is 2. The van der Waals surface area contributed by atoms with Crippen molar-refractivity contribution in [3.05, 3.63) is 99.6 Å².